The number of hydrogen-bond acceptors (Lipinski definition) is 6. The molecule has 0 aliphatic rings. The van der Waals surface area contributed by atoms with Crippen LogP contribution in [-0.4, -0.2) is 39.8 Å². The lowest BCUT2D eigenvalue weighted by atomic mass is 10.3. The van der Waals surface area contributed by atoms with E-state index < -0.39 is 16.1 Å². The fourth-order valence-electron chi connectivity index (χ4n) is 2.36. The van der Waals surface area contributed by atoms with Crippen molar-refractivity contribution in [2.24, 2.45) is 0 Å². The second-order valence-electron chi connectivity index (χ2n) is 5.57. The molecule has 146 valence electrons. The Bertz CT molecular complexity index is 967. The largest absolute Gasteiger partial charge is 0.496 e. The number of nitrogens with zero attached hydrogens (tertiary/aromatic N) is 1. The maximum atomic E-state index is 12.4. The quantitative estimate of drug-likeness (QED) is 0.731. The molecule has 0 bridgehead atoms. The van der Waals surface area contributed by atoms with Gasteiger partial charge in [0.15, 0.2) is 0 Å². The van der Waals surface area contributed by atoms with Gasteiger partial charge in [-0.1, -0.05) is 0 Å². The second-order valence-corrected chi connectivity index (χ2v) is 7.33. The minimum atomic E-state index is -3.75. The average molecular weight is 395 g/mol. The fourth-order valence-corrected chi connectivity index (χ4v) is 3.39. The molecule has 1 heterocycles. The third-order valence-corrected chi connectivity index (χ3v) is 5.25. The van der Waals surface area contributed by atoms with E-state index >= 15 is 0 Å². The monoisotopic (exact) mass is 395 g/mol. The normalized spacial score (nSPS) is 11.1. The van der Waals surface area contributed by atoms with Gasteiger partial charge in [0.05, 0.1) is 19.1 Å². The van der Waals surface area contributed by atoms with E-state index in [1.54, 1.807) is 13.0 Å². The number of carbonyl (C=O) groups excluding carboxylic acids is 1. The number of sulfonamides is 1. The van der Waals surface area contributed by atoms with Crippen molar-refractivity contribution in [3.8, 4) is 5.75 Å². The lowest BCUT2D eigenvalue weighted by Gasteiger charge is -2.12. The molecule has 0 aliphatic carbocycles. The van der Waals surface area contributed by atoms with E-state index in [-0.39, 0.29) is 23.5 Å². The number of ether oxygens (including phenoxy) is 2. The van der Waals surface area contributed by atoms with Crippen LogP contribution >= 0.6 is 0 Å². The summed E-state index contributed by atoms with van der Waals surface area (Å²) in [6.07, 6.45) is -0.649. The van der Waals surface area contributed by atoms with Crippen molar-refractivity contribution >= 4 is 21.8 Å². The van der Waals surface area contributed by atoms with E-state index in [0.29, 0.717) is 17.1 Å². The minimum Gasteiger partial charge on any atom is -0.496 e. The summed E-state index contributed by atoms with van der Waals surface area (Å²) in [5.41, 5.74) is 0.794. The number of methoxy groups -OCH3 is 2. The number of aromatic nitrogens is 1. The van der Waals surface area contributed by atoms with Crippen molar-refractivity contribution in [3.05, 3.63) is 52.4 Å². The van der Waals surface area contributed by atoms with Gasteiger partial charge in [0.2, 0.25) is 10.0 Å². The highest BCUT2D eigenvalue weighted by Crippen LogP contribution is 2.14. The number of benzene rings is 1. The Kier molecular flexibility index (Phi) is 6.59. The fraction of sp³-hybridized carbons (Fsp3) is 0.294. The van der Waals surface area contributed by atoms with Crippen LogP contribution < -0.4 is 20.3 Å². The first-order valence-electron chi connectivity index (χ1n) is 7.97. The van der Waals surface area contributed by atoms with Gasteiger partial charge in [0, 0.05) is 30.5 Å². The van der Waals surface area contributed by atoms with E-state index in [0.717, 1.165) is 0 Å². The summed E-state index contributed by atoms with van der Waals surface area (Å²) in [5, 5.41) is 2.43. The molecule has 0 saturated carbocycles. The molecule has 2 N–H and O–H groups in total. The smallest absolute Gasteiger partial charge is 0.411 e. The Hall–Kier alpha value is -2.85. The third-order valence-electron chi connectivity index (χ3n) is 3.77. The molecule has 0 fully saturated rings. The summed E-state index contributed by atoms with van der Waals surface area (Å²) < 4.78 is 38.1. The first kappa shape index (κ1) is 20.5. The van der Waals surface area contributed by atoms with Crippen LogP contribution in [0.25, 0.3) is 0 Å². The van der Waals surface area contributed by atoms with Gasteiger partial charge in [-0.25, -0.2) is 17.9 Å². The van der Waals surface area contributed by atoms with Crippen molar-refractivity contribution in [1.82, 2.24) is 9.29 Å². The van der Waals surface area contributed by atoms with Crippen molar-refractivity contribution in [2.45, 2.75) is 18.4 Å². The molecule has 1 aromatic carbocycles. The topological polar surface area (TPSA) is 116 Å². The molecular formula is C17H21N3O6S. The van der Waals surface area contributed by atoms with Gasteiger partial charge in [-0.05, 0) is 37.3 Å². The number of rotatable bonds is 7. The Labute approximate surface area is 157 Å². The highest BCUT2D eigenvalue weighted by atomic mass is 32.2. The van der Waals surface area contributed by atoms with Gasteiger partial charge in [-0.3, -0.25) is 10.1 Å². The van der Waals surface area contributed by atoms with Gasteiger partial charge < -0.3 is 14.0 Å². The highest BCUT2D eigenvalue weighted by molar-refractivity contribution is 7.89. The maximum absolute atomic E-state index is 12.4. The third kappa shape index (κ3) is 5.31. The Morgan fingerprint density at radius 3 is 2.37 bits per heavy atom. The minimum absolute atomic E-state index is 0.0386. The molecule has 0 atom stereocenters. The number of hydrogen-bond donors (Lipinski definition) is 2. The molecule has 1 amide bonds. The molecular weight excluding hydrogens is 374 g/mol. The molecule has 27 heavy (non-hydrogen) atoms. The summed E-state index contributed by atoms with van der Waals surface area (Å²) >= 11 is 0. The molecule has 2 aromatic rings. The Morgan fingerprint density at radius 1 is 1.15 bits per heavy atom. The van der Waals surface area contributed by atoms with Gasteiger partial charge in [0.1, 0.15) is 5.75 Å². The van der Waals surface area contributed by atoms with Gasteiger partial charge in [-0.15, -0.1) is 0 Å². The van der Waals surface area contributed by atoms with Gasteiger partial charge in [0.25, 0.3) is 5.56 Å². The van der Waals surface area contributed by atoms with Gasteiger partial charge >= 0.3 is 6.09 Å². The predicted molar refractivity (Wildman–Crippen MR) is 99.6 cm³/mol. The molecule has 0 radical (unpaired) electrons. The molecule has 0 aliphatic heterocycles. The van der Waals surface area contributed by atoms with Crippen LogP contribution in [0.1, 0.15) is 5.69 Å². The van der Waals surface area contributed by atoms with Crippen molar-refractivity contribution < 1.29 is 22.7 Å². The maximum Gasteiger partial charge on any atom is 0.411 e. The van der Waals surface area contributed by atoms with Crippen LogP contribution in [0, 0.1) is 6.92 Å². The molecule has 2 rings (SSSR count). The number of nitrogens with one attached hydrogen (secondary N) is 2. The zero-order valence-electron chi connectivity index (χ0n) is 15.2. The van der Waals surface area contributed by atoms with Crippen LogP contribution in [0.4, 0.5) is 10.5 Å². The van der Waals surface area contributed by atoms with Crippen molar-refractivity contribution in [3.63, 3.8) is 0 Å². The number of pyridine rings is 1. The first-order chi connectivity index (χ1) is 12.8. The van der Waals surface area contributed by atoms with E-state index in [9.17, 15) is 18.0 Å². The van der Waals surface area contributed by atoms with Crippen LogP contribution in [0.15, 0.2) is 46.1 Å². The Morgan fingerprint density at radius 2 is 1.81 bits per heavy atom. The summed E-state index contributed by atoms with van der Waals surface area (Å²) in [6.45, 7) is 1.96. The van der Waals surface area contributed by atoms with Crippen LogP contribution in [0.3, 0.4) is 0 Å². The average Bonchev–Trinajstić information content (AvgIpc) is 2.64. The van der Waals surface area contributed by atoms with Gasteiger partial charge in [-0.2, -0.15) is 0 Å². The highest BCUT2D eigenvalue weighted by Gasteiger charge is 2.14. The summed E-state index contributed by atoms with van der Waals surface area (Å²) in [6, 6.07) is 8.65. The molecule has 0 unspecified atom stereocenters. The molecule has 0 saturated heterocycles. The molecule has 10 heteroatoms. The number of amides is 1. The lowest BCUT2D eigenvalue weighted by molar-refractivity contribution is 0.187. The molecule has 1 aromatic heterocycles. The summed E-state index contributed by atoms with van der Waals surface area (Å²) in [4.78, 5) is 23.2. The zero-order chi connectivity index (χ0) is 20.0. The summed E-state index contributed by atoms with van der Waals surface area (Å²) in [5.74, 6) is 0.454. The summed E-state index contributed by atoms with van der Waals surface area (Å²) in [7, 11) is -1.05. The molecule has 9 nitrogen and oxygen atoms in total. The van der Waals surface area contributed by atoms with Crippen molar-refractivity contribution in [1.29, 1.82) is 0 Å². The zero-order valence-corrected chi connectivity index (χ0v) is 16.0. The van der Waals surface area contributed by atoms with E-state index in [2.05, 4.69) is 14.8 Å². The lowest BCUT2D eigenvalue weighted by Crippen LogP contribution is -2.31. The van der Waals surface area contributed by atoms with Crippen LogP contribution in [0.2, 0.25) is 0 Å². The van der Waals surface area contributed by atoms with E-state index in [4.69, 9.17) is 4.74 Å². The first-order valence-corrected chi connectivity index (χ1v) is 9.45. The number of anilines is 1. The van der Waals surface area contributed by atoms with E-state index in [1.807, 2.05) is 0 Å². The standard InChI is InChI=1S/C17H21N3O6S/c1-12-10-14(25-2)11-16(21)20(12)9-8-18-27(23,24)15-6-4-13(5-7-15)19-17(22)26-3/h4-7,10-11,18H,8-9H2,1-3H3,(H,19,22). The number of aryl methyl sites for hydroxylation is 1. The SMILES string of the molecule is COC(=O)Nc1ccc(S(=O)(=O)NCCn2c(C)cc(OC)cc2=O)cc1. The second kappa shape index (κ2) is 8.69. The van der Waals surface area contributed by atoms with E-state index in [1.165, 1.54) is 49.1 Å². The predicted octanol–water partition coefficient (Wildman–Crippen LogP) is 1.32. The number of carbonyl (C=O) groups is 1. The molecule has 0 spiro atoms. The van der Waals surface area contributed by atoms with Crippen molar-refractivity contribution in [2.75, 3.05) is 26.1 Å². The van der Waals surface area contributed by atoms with Crippen LogP contribution in [-0.2, 0) is 21.3 Å². The Balaban J connectivity index is 2.03. The van der Waals surface area contributed by atoms with Crippen LogP contribution in [0.5, 0.6) is 5.75 Å².